The Morgan fingerprint density at radius 1 is 0.970 bits per heavy atom. The fraction of sp³-hybridized carbons (Fsp3) is 0.480. The number of quaternary nitrogens is 1. The third-order valence-corrected chi connectivity index (χ3v) is 6.39. The van der Waals surface area contributed by atoms with Gasteiger partial charge in [-0.1, -0.05) is 13.5 Å². The lowest BCUT2D eigenvalue weighted by Crippen LogP contribution is -3.00. The van der Waals surface area contributed by atoms with Gasteiger partial charge in [0.25, 0.3) is 0 Å². The Morgan fingerprint density at radius 2 is 1.55 bits per heavy atom. The summed E-state index contributed by atoms with van der Waals surface area (Å²) >= 11 is 0. The highest BCUT2D eigenvalue weighted by Gasteiger charge is 2.40. The van der Waals surface area contributed by atoms with Crippen LogP contribution in [0.1, 0.15) is 36.6 Å². The Kier molecular flexibility index (Phi) is 10.8. The lowest BCUT2D eigenvalue weighted by atomic mass is 9.86. The van der Waals surface area contributed by atoms with E-state index in [1.54, 1.807) is 28.4 Å². The lowest BCUT2D eigenvalue weighted by molar-refractivity contribution is -0.940. The molecule has 0 fully saturated rings. The van der Waals surface area contributed by atoms with Crippen LogP contribution >= 0.6 is 0 Å². The van der Waals surface area contributed by atoms with E-state index in [0.29, 0.717) is 30.2 Å². The maximum atomic E-state index is 11.6. The molecule has 184 valence electrons. The second kappa shape index (κ2) is 12.3. The van der Waals surface area contributed by atoms with Gasteiger partial charge < -0.3 is 53.1 Å². The van der Waals surface area contributed by atoms with Gasteiger partial charge in [0, 0.05) is 18.4 Å². The Morgan fingerprint density at radius 3 is 2.12 bits per heavy atom. The molecule has 0 saturated carbocycles. The molecule has 0 saturated heterocycles. The highest BCUT2D eigenvalue weighted by molar-refractivity contribution is 5.73. The summed E-state index contributed by atoms with van der Waals surface area (Å²) in [7, 11) is 8.78. The van der Waals surface area contributed by atoms with E-state index >= 15 is 0 Å². The normalized spacial score (nSPS) is 18.8. The monoisotopic (exact) mass is 572 g/mol. The van der Waals surface area contributed by atoms with E-state index in [-0.39, 0.29) is 43.4 Å². The number of primary amides is 1. The highest BCUT2D eigenvalue weighted by atomic mass is 127. The lowest BCUT2D eigenvalue weighted by Gasteiger charge is -2.46. The second-order valence-corrected chi connectivity index (χ2v) is 8.21. The first kappa shape index (κ1) is 28.8. The molecule has 8 heteroatoms. The van der Waals surface area contributed by atoms with Gasteiger partial charge in [0.05, 0.1) is 55.0 Å². The molecule has 0 aromatic heterocycles. The molecular weight excluding hydrogens is 535 g/mol. The minimum absolute atomic E-state index is 0. The summed E-state index contributed by atoms with van der Waals surface area (Å²) in [6.07, 6.45) is 2.02. The molecule has 1 heterocycles. The van der Waals surface area contributed by atoms with E-state index in [2.05, 4.69) is 25.2 Å². The molecule has 0 spiro atoms. The Bertz CT molecular complexity index is 953. The van der Waals surface area contributed by atoms with E-state index in [9.17, 15) is 4.79 Å². The molecule has 3 rings (SSSR count). The predicted molar refractivity (Wildman–Crippen MR) is 126 cm³/mol. The average Bonchev–Trinajstić information content (AvgIpc) is 2.78. The summed E-state index contributed by atoms with van der Waals surface area (Å²) in [5.74, 6) is 2.57. The molecule has 7 nitrogen and oxygen atoms in total. The molecule has 2 atom stereocenters. The molecule has 0 bridgehead atoms. The minimum atomic E-state index is -0.276. The molecule has 2 aromatic carbocycles. The number of rotatable bonds is 9. The third kappa shape index (κ3) is 6.23. The number of hydrogen-bond donors (Lipinski definition) is 1. The van der Waals surface area contributed by atoms with Crippen molar-refractivity contribution in [3.63, 3.8) is 0 Å². The van der Waals surface area contributed by atoms with Crippen molar-refractivity contribution in [2.75, 3.05) is 48.6 Å². The highest BCUT2D eigenvalue weighted by Crippen LogP contribution is 2.43. The van der Waals surface area contributed by atoms with Gasteiger partial charge in [-0.15, -0.1) is 0 Å². The molecule has 0 unspecified atom stereocenters. The third-order valence-electron chi connectivity index (χ3n) is 6.39. The summed E-state index contributed by atoms with van der Waals surface area (Å²) in [5.41, 5.74) is 9.09. The van der Waals surface area contributed by atoms with Crippen LogP contribution in [0, 0.1) is 0 Å². The zero-order chi connectivity index (χ0) is 22.6. The number of likely N-dealkylation sites (N-methyl/N-ethyl adjacent to an activating group) is 1. The van der Waals surface area contributed by atoms with Crippen molar-refractivity contribution < 1.29 is 52.2 Å². The van der Waals surface area contributed by atoms with Gasteiger partial charge in [-0.3, -0.25) is 4.79 Å². The summed E-state index contributed by atoms with van der Waals surface area (Å²) in [5, 5.41) is 0. The van der Waals surface area contributed by atoms with E-state index in [0.717, 1.165) is 35.2 Å². The number of benzene rings is 2. The number of fused-ring (bicyclic) bond motifs is 1. The molecule has 2 N–H and O–H groups in total. The van der Waals surface area contributed by atoms with Gasteiger partial charge in [0.15, 0.2) is 23.0 Å². The van der Waals surface area contributed by atoms with Gasteiger partial charge in [-0.2, -0.15) is 0 Å². The number of halogens is 1. The van der Waals surface area contributed by atoms with Crippen molar-refractivity contribution >= 4 is 5.91 Å². The van der Waals surface area contributed by atoms with E-state index in [1.165, 1.54) is 11.1 Å². The van der Waals surface area contributed by atoms with Crippen molar-refractivity contribution in [1.29, 1.82) is 0 Å². The SMILES string of the molecule is C.COc1ccc(C[C@@H]2c3cc(OC)c(OC)cc3CC[N@+]2(C)CCC(N)=O)cc1OC.[I-]. The topological polar surface area (TPSA) is 80.0 Å². The zero-order valence-electron chi connectivity index (χ0n) is 19.4. The van der Waals surface area contributed by atoms with Crippen LogP contribution in [-0.4, -0.2) is 59.0 Å². The number of ether oxygens (including phenoxy) is 4. The number of nitrogens with two attached hydrogens (primary N) is 1. The largest absolute Gasteiger partial charge is 1.00 e. The first-order valence-corrected chi connectivity index (χ1v) is 10.4. The summed E-state index contributed by atoms with van der Waals surface area (Å²) in [6, 6.07) is 10.3. The zero-order valence-corrected chi connectivity index (χ0v) is 21.6. The van der Waals surface area contributed by atoms with Crippen molar-refractivity contribution in [2.45, 2.75) is 32.7 Å². The van der Waals surface area contributed by atoms with Crippen LogP contribution in [0.2, 0.25) is 0 Å². The van der Waals surface area contributed by atoms with Crippen molar-refractivity contribution in [1.82, 2.24) is 0 Å². The van der Waals surface area contributed by atoms with Crippen LogP contribution in [0.25, 0.3) is 0 Å². The molecule has 2 aromatic rings. The Labute approximate surface area is 214 Å². The number of methoxy groups -OCH3 is 4. The number of amides is 1. The van der Waals surface area contributed by atoms with Gasteiger partial charge in [0.2, 0.25) is 5.91 Å². The van der Waals surface area contributed by atoms with Gasteiger partial charge in [0.1, 0.15) is 6.04 Å². The summed E-state index contributed by atoms with van der Waals surface area (Å²) in [6.45, 7) is 1.59. The maximum Gasteiger partial charge on any atom is 0.223 e. The maximum absolute atomic E-state index is 11.6. The molecule has 1 amide bonds. The van der Waals surface area contributed by atoms with E-state index < -0.39 is 0 Å². The molecule has 0 radical (unpaired) electrons. The average molecular weight is 572 g/mol. The first-order valence-electron chi connectivity index (χ1n) is 10.4. The number of hydrogen-bond acceptors (Lipinski definition) is 5. The van der Waals surface area contributed by atoms with E-state index in [1.807, 2.05) is 12.1 Å². The number of nitrogens with zero attached hydrogens (tertiary/aromatic N) is 1. The fourth-order valence-corrected chi connectivity index (χ4v) is 4.53. The molecule has 0 aliphatic carbocycles. The fourth-order valence-electron chi connectivity index (χ4n) is 4.53. The molecular formula is C25H37IN2O5. The predicted octanol–water partition coefficient (Wildman–Crippen LogP) is 0.523. The standard InChI is InChI=1S/C24H32N2O5.CH4.HI/c1-26(11-9-24(25)27)10-8-17-14-22(30-4)23(31-5)15-18(17)19(26)12-16-6-7-20(28-2)21(13-16)29-3;;/h6-7,13-15,19H,8-12H2,1-5H3,(H-,25,27);1H4;1H/t19-,26-;;/m1../s1. The van der Waals surface area contributed by atoms with Crippen LogP contribution in [0.4, 0.5) is 0 Å². The van der Waals surface area contributed by atoms with Gasteiger partial charge in [-0.05, 0) is 35.4 Å². The quantitative estimate of drug-likeness (QED) is 0.351. The van der Waals surface area contributed by atoms with Gasteiger partial charge >= 0.3 is 0 Å². The van der Waals surface area contributed by atoms with Crippen molar-refractivity contribution in [2.24, 2.45) is 5.73 Å². The first-order chi connectivity index (χ1) is 14.8. The van der Waals surface area contributed by atoms with E-state index in [4.69, 9.17) is 24.7 Å². The van der Waals surface area contributed by atoms with Crippen LogP contribution < -0.4 is 48.7 Å². The number of carbonyl (C=O) groups is 1. The van der Waals surface area contributed by atoms with Crippen LogP contribution in [0.15, 0.2) is 30.3 Å². The van der Waals surface area contributed by atoms with Crippen LogP contribution in [0.3, 0.4) is 0 Å². The molecule has 33 heavy (non-hydrogen) atoms. The smallest absolute Gasteiger partial charge is 0.223 e. The second-order valence-electron chi connectivity index (χ2n) is 8.21. The van der Waals surface area contributed by atoms with Gasteiger partial charge in [-0.25, -0.2) is 0 Å². The Balaban J connectivity index is 0.00000272. The van der Waals surface area contributed by atoms with Crippen molar-refractivity contribution in [3.05, 3.63) is 47.0 Å². The molecule has 1 aliphatic rings. The van der Waals surface area contributed by atoms with Crippen LogP contribution in [0.5, 0.6) is 23.0 Å². The summed E-state index contributed by atoms with van der Waals surface area (Å²) < 4.78 is 22.7. The minimum Gasteiger partial charge on any atom is -1.00 e. The Hall–Kier alpha value is -2.20. The van der Waals surface area contributed by atoms with Crippen LogP contribution in [-0.2, 0) is 17.6 Å². The van der Waals surface area contributed by atoms with Crippen molar-refractivity contribution in [3.8, 4) is 23.0 Å². The molecule has 1 aliphatic heterocycles. The number of carbonyl (C=O) groups excluding carboxylic acids is 1. The summed E-state index contributed by atoms with van der Waals surface area (Å²) in [4.78, 5) is 11.6.